The molecule has 0 aliphatic heterocycles. The Balaban J connectivity index is 0.000000439. The number of carboxylic acids is 4. The molecule has 0 spiro atoms. The topological polar surface area (TPSA) is 190 Å². The van der Waals surface area contributed by atoms with Gasteiger partial charge in [0, 0.05) is 0 Å². The van der Waals surface area contributed by atoms with Crippen LogP contribution in [0, 0.1) is 0 Å². The second-order valence-electron chi connectivity index (χ2n) is 4.83. The zero-order chi connectivity index (χ0) is 21.7. The molecule has 0 saturated heterocycles. The molecule has 2 rings (SSSR count). The van der Waals surface area contributed by atoms with Gasteiger partial charge in [0.05, 0.1) is 35.5 Å². The summed E-state index contributed by atoms with van der Waals surface area (Å²) in [4.78, 5) is 41.5. The first-order valence-corrected chi connectivity index (χ1v) is 7.49. The summed E-state index contributed by atoms with van der Waals surface area (Å²) >= 11 is 0. The summed E-state index contributed by atoms with van der Waals surface area (Å²) in [6, 6.07) is 10.4. The summed E-state index contributed by atoms with van der Waals surface area (Å²) < 4.78 is 0. The molecule has 150 valence electrons. The number of aliphatic hydroxyl groups excluding tert-OH is 2. The summed E-state index contributed by atoms with van der Waals surface area (Å²) in [6.07, 6.45) is 0. The third-order valence-electron chi connectivity index (χ3n) is 2.81. The highest BCUT2D eigenvalue weighted by molar-refractivity contribution is 5.94. The zero-order valence-corrected chi connectivity index (χ0v) is 14.3. The molecule has 0 aromatic heterocycles. The van der Waals surface area contributed by atoms with Crippen molar-refractivity contribution >= 4 is 23.9 Å². The van der Waals surface area contributed by atoms with Crippen LogP contribution in [0.3, 0.4) is 0 Å². The third-order valence-corrected chi connectivity index (χ3v) is 2.81. The number of hydrogen-bond acceptors (Lipinski definition) is 6. The fraction of sp³-hybridized carbons (Fsp3) is 0.111. The molecule has 0 unspecified atom stereocenters. The van der Waals surface area contributed by atoms with Crippen molar-refractivity contribution in [3.05, 3.63) is 70.8 Å². The van der Waals surface area contributed by atoms with Crippen LogP contribution in [0.15, 0.2) is 48.5 Å². The Morgan fingerprint density at radius 1 is 0.536 bits per heavy atom. The van der Waals surface area contributed by atoms with Gasteiger partial charge in [-0.1, -0.05) is 12.1 Å². The maximum atomic E-state index is 10.4. The molecule has 0 aliphatic rings. The monoisotopic (exact) mass is 394 g/mol. The molecule has 10 nitrogen and oxygen atoms in total. The summed E-state index contributed by atoms with van der Waals surface area (Å²) in [6.45, 7) is -0.250. The number of hydrogen-bond donors (Lipinski definition) is 6. The predicted molar refractivity (Wildman–Crippen MR) is 94.9 cm³/mol. The van der Waals surface area contributed by atoms with Gasteiger partial charge < -0.3 is 30.6 Å². The Labute approximate surface area is 158 Å². The Kier molecular flexibility index (Phi) is 10.9. The molecular weight excluding hydrogens is 376 g/mol. The highest BCUT2D eigenvalue weighted by Gasteiger charge is 2.07. The van der Waals surface area contributed by atoms with Gasteiger partial charge in [-0.05, 0) is 36.4 Å². The lowest BCUT2D eigenvalue weighted by atomic mass is 10.1. The van der Waals surface area contributed by atoms with Gasteiger partial charge in [0.1, 0.15) is 0 Å². The van der Waals surface area contributed by atoms with E-state index in [1.807, 2.05) is 0 Å². The van der Waals surface area contributed by atoms with E-state index in [4.69, 9.17) is 30.6 Å². The summed E-state index contributed by atoms with van der Waals surface area (Å²) in [5.41, 5.74) is -0.0744. The molecular formula is C18H18O10. The average Bonchev–Trinajstić information content (AvgIpc) is 2.68. The molecule has 28 heavy (non-hydrogen) atoms. The van der Waals surface area contributed by atoms with E-state index in [9.17, 15) is 19.2 Å². The Morgan fingerprint density at radius 3 is 0.893 bits per heavy atom. The lowest BCUT2D eigenvalue weighted by Gasteiger charge is -1.95. The summed E-state index contributed by atoms with van der Waals surface area (Å²) in [7, 11) is 0. The highest BCUT2D eigenvalue weighted by atomic mass is 16.4. The number of rotatable bonds is 5. The van der Waals surface area contributed by atoms with E-state index in [-0.39, 0.29) is 35.5 Å². The van der Waals surface area contributed by atoms with Gasteiger partial charge in [-0.3, -0.25) is 0 Å². The van der Waals surface area contributed by atoms with Gasteiger partial charge in [0.15, 0.2) is 0 Å². The number of benzene rings is 2. The van der Waals surface area contributed by atoms with Crippen LogP contribution in [-0.2, 0) is 0 Å². The zero-order valence-electron chi connectivity index (χ0n) is 14.3. The van der Waals surface area contributed by atoms with Crippen molar-refractivity contribution in [2.45, 2.75) is 0 Å². The highest BCUT2D eigenvalue weighted by Crippen LogP contribution is 2.05. The number of aliphatic hydroxyl groups is 2. The maximum Gasteiger partial charge on any atom is 0.335 e. The lowest BCUT2D eigenvalue weighted by Crippen LogP contribution is -2.01. The fourth-order valence-corrected chi connectivity index (χ4v) is 1.57. The van der Waals surface area contributed by atoms with Crippen molar-refractivity contribution in [1.82, 2.24) is 0 Å². The standard InChI is InChI=1S/2C8H6O4.C2H6O2/c2*9-7(10)5-2-1-3-6(4-5)8(11)12;3-1-2-4/h2*1-4H,(H,9,10)(H,11,12);3-4H,1-2H2. The van der Waals surface area contributed by atoms with Gasteiger partial charge >= 0.3 is 23.9 Å². The molecule has 10 heteroatoms. The first-order valence-electron chi connectivity index (χ1n) is 7.49. The van der Waals surface area contributed by atoms with Crippen molar-refractivity contribution in [3.8, 4) is 0 Å². The van der Waals surface area contributed by atoms with Gasteiger partial charge in [-0.15, -0.1) is 0 Å². The van der Waals surface area contributed by atoms with Crippen LogP contribution in [0.1, 0.15) is 41.4 Å². The fourth-order valence-electron chi connectivity index (χ4n) is 1.57. The normalized spacial score (nSPS) is 9.07. The van der Waals surface area contributed by atoms with Crippen LogP contribution in [0.2, 0.25) is 0 Å². The minimum absolute atomic E-state index is 0.0186. The van der Waals surface area contributed by atoms with E-state index in [2.05, 4.69) is 0 Å². The predicted octanol–water partition coefficient (Wildman–Crippen LogP) is 1.14. The first-order chi connectivity index (χ1) is 13.1. The van der Waals surface area contributed by atoms with Gasteiger partial charge in [-0.25, -0.2) is 19.2 Å². The van der Waals surface area contributed by atoms with E-state index in [1.54, 1.807) is 0 Å². The number of carboxylic acid groups (broad SMARTS) is 4. The van der Waals surface area contributed by atoms with Crippen molar-refractivity contribution < 1.29 is 49.8 Å². The number of aromatic carboxylic acids is 4. The quantitative estimate of drug-likeness (QED) is 0.429. The van der Waals surface area contributed by atoms with Crippen molar-refractivity contribution in [1.29, 1.82) is 0 Å². The average molecular weight is 394 g/mol. The van der Waals surface area contributed by atoms with Crippen molar-refractivity contribution in [2.75, 3.05) is 13.2 Å². The third kappa shape index (κ3) is 9.08. The first kappa shape index (κ1) is 24.2. The summed E-state index contributed by atoms with van der Waals surface area (Å²) in [5.74, 6) is -4.51. The number of carbonyl (C=O) groups is 4. The molecule has 2 aromatic rings. The summed E-state index contributed by atoms with van der Waals surface area (Å²) in [5, 5.41) is 49.2. The van der Waals surface area contributed by atoms with Crippen molar-refractivity contribution in [3.63, 3.8) is 0 Å². The van der Waals surface area contributed by atoms with E-state index in [1.165, 1.54) is 36.4 Å². The van der Waals surface area contributed by atoms with Gasteiger partial charge in [0.2, 0.25) is 0 Å². The largest absolute Gasteiger partial charge is 0.478 e. The second kappa shape index (κ2) is 12.6. The molecule has 0 aliphatic carbocycles. The van der Waals surface area contributed by atoms with Crippen LogP contribution in [-0.4, -0.2) is 67.7 Å². The van der Waals surface area contributed by atoms with Crippen LogP contribution in [0.25, 0.3) is 0 Å². The molecule has 0 fully saturated rings. The molecule has 2 aromatic carbocycles. The molecule has 0 atom stereocenters. The van der Waals surface area contributed by atoms with E-state index >= 15 is 0 Å². The van der Waals surface area contributed by atoms with Crippen LogP contribution in [0.5, 0.6) is 0 Å². The van der Waals surface area contributed by atoms with Crippen molar-refractivity contribution in [2.24, 2.45) is 0 Å². The Morgan fingerprint density at radius 2 is 0.750 bits per heavy atom. The molecule has 0 heterocycles. The smallest absolute Gasteiger partial charge is 0.335 e. The molecule has 0 radical (unpaired) electrons. The SMILES string of the molecule is O=C(O)c1cccc(C(=O)O)c1.O=C(O)c1cccc(C(=O)O)c1.OCCO. The molecule has 0 bridgehead atoms. The molecule has 0 saturated carbocycles. The van der Waals surface area contributed by atoms with E-state index < -0.39 is 23.9 Å². The van der Waals surface area contributed by atoms with Crippen LogP contribution in [0.4, 0.5) is 0 Å². The second-order valence-corrected chi connectivity index (χ2v) is 4.83. The Bertz CT molecular complexity index is 701. The maximum absolute atomic E-state index is 10.4. The van der Waals surface area contributed by atoms with Crippen LogP contribution < -0.4 is 0 Å². The van der Waals surface area contributed by atoms with E-state index in [0.717, 1.165) is 12.1 Å². The van der Waals surface area contributed by atoms with Crippen LogP contribution >= 0.6 is 0 Å². The Hall–Kier alpha value is -3.76. The van der Waals surface area contributed by atoms with Gasteiger partial charge in [-0.2, -0.15) is 0 Å². The van der Waals surface area contributed by atoms with E-state index in [0.29, 0.717) is 0 Å². The van der Waals surface area contributed by atoms with Gasteiger partial charge in [0.25, 0.3) is 0 Å². The molecule has 6 N–H and O–H groups in total. The minimum Gasteiger partial charge on any atom is -0.478 e. The minimum atomic E-state index is -1.13. The lowest BCUT2D eigenvalue weighted by molar-refractivity contribution is 0.0676. The molecule has 0 amide bonds.